The molecule has 6 N–H and O–H groups in total. The molecule has 198 valence electrons. The van der Waals surface area contributed by atoms with Gasteiger partial charge in [-0.3, -0.25) is 29.5 Å². The number of aromatic nitrogens is 1. The third-order valence-electron chi connectivity index (χ3n) is 5.21. The molecule has 10 heteroatoms. The van der Waals surface area contributed by atoms with Gasteiger partial charge in [-0.05, 0) is 67.7 Å². The molecule has 1 atom stereocenters. The van der Waals surface area contributed by atoms with Crippen molar-refractivity contribution in [3.05, 3.63) is 95.3 Å². The van der Waals surface area contributed by atoms with E-state index in [1.54, 1.807) is 54.7 Å². The number of rotatable bonds is 9. The Bertz CT molecular complexity index is 1270. The van der Waals surface area contributed by atoms with Crippen LogP contribution in [-0.4, -0.2) is 59.0 Å². The average Bonchev–Trinajstić information content (AvgIpc) is 2.91. The molecule has 3 amide bonds. The lowest BCUT2D eigenvalue weighted by molar-refractivity contribution is -0.130. The largest absolute Gasteiger partial charge is 0.339 e. The number of benzene rings is 2. The number of likely N-dealkylation sites (N-methyl/N-ethyl adjacent to an activating group) is 1. The molecule has 0 unspecified atom stereocenters. The molecule has 1 aromatic heterocycles. The zero-order valence-corrected chi connectivity index (χ0v) is 20.3. The number of carbonyl (C=O) groups is 3. The molecule has 0 spiro atoms. The van der Waals surface area contributed by atoms with Gasteiger partial charge in [0.15, 0.2) is 0 Å². The van der Waals surface area contributed by atoms with Gasteiger partial charge in [-0.1, -0.05) is 25.3 Å². The van der Waals surface area contributed by atoms with E-state index in [0.29, 0.717) is 23.4 Å². The zero-order valence-electron chi connectivity index (χ0n) is 20.3. The average molecular weight is 517 g/mol. The van der Waals surface area contributed by atoms with E-state index < -0.39 is 17.9 Å². The molecule has 0 aliphatic rings. The Balaban J connectivity index is 0.00000507. The van der Waals surface area contributed by atoms with E-state index in [1.165, 1.54) is 5.48 Å². The molecule has 0 saturated carbocycles. The fourth-order valence-corrected chi connectivity index (χ4v) is 3.31. The molecule has 0 saturated heterocycles. The Morgan fingerprint density at radius 3 is 2.18 bits per heavy atom. The van der Waals surface area contributed by atoms with Crippen LogP contribution in [0.1, 0.15) is 34.6 Å². The molecular formula is C28H32N6O4. The van der Waals surface area contributed by atoms with Crippen LogP contribution in [0.4, 0.5) is 5.69 Å². The molecule has 0 aliphatic heterocycles. The van der Waals surface area contributed by atoms with Crippen molar-refractivity contribution in [2.45, 2.75) is 20.0 Å². The third kappa shape index (κ3) is 9.15. The predicted molar refractivity (Wildman–Crippen MR) is 145 cm³/mol. The Morgan fingerprint density at radius 2 is 1.63 bits per heavy atom. The second-order valence-electron chi connectivity index (χ2n) is 8.18. The highest BCUT2D eigenvalue weighted by Crippen LogP contribution is 2.10. The Kier molecular flexibility index (Phi) is 11.6. The Morgan fingerprint density at radius 1 is 1.00 bits per heavy atom. The van der Waals surface area contributed by atoms with Crippen LogP contribution in [0.15, 0.2) is 72.9 Å². The first-order chi connectivity index (χ1) is 17.9. The maximum atomic E-state index is 12.3. The topological polar surface area (TPSA) is 150 Å². The van der Waals surface area contributed by atoms with Crippen molar-refractivity contribution >= 4 is 23.4 Å². The van der Waals surface area contributed by atoms with E-state index in [0.717, 1.165) is 11.3 Å². The number of hydroxylamine groups is 1. The quantitative estimate of drug-likeness (QED) is 0.165. The lowest BCUT2D eigenvalue weighted by Gasteiger charge is -2.15. The highest BCUT2D eigenvalue weighted by Gasteiger charge is 2.19. The minimum absolute atomic E-state index is 0. The van der Waals surface area contributed by atoms with E-state index in [1.807, 2.05) is 30.1 Å². The highest BCUT2D eigenvalue weighted by molar-refractivity contribution is 5.97. The van der Waals surface area contributed by atoms with E-state index in [9.17, 15) is 14.4 Å². The van der Waals surface area contributed by atoms with Gasteiger partial charge >= 0.3 is 0 Å². The van der Waals surface area contributed by atoms with Crippen molar-refractivity contribution in [3.63, 3.8) is 0 Å². The smallest absolute Gasteiger partial charge is 0.267 e. The normalized spacial score (nSPS) is 10.8. The van der Waals surface area contributed by atoms with E-state index in [-0.39, 0.29) is 26.4 Å². The van der Waals surface area contributed by atoms with Crippen molar-refractivity contribution in [1.29, 1.82) is 0 Å². The van der Waals surface area contributed by atoms with Crippen LogP contribution in [0.3, 0.4) is 0 Å². The number of nitrogens with zero attached hydrogens (tertiary/aromatic N) is 2. The molecule has 3 rings (SSSR count). The third-order valence-corrected chi connectivity index (χ3v) is 5.21. The van der Waals surface area contributed by atoms with Crippen LogP contribution in [0.5, 0.6) is 0 Å². The first kappa shape index (κ1) is 29.7. The maximum absolute atomic E-state index is 12.3. The zero-order chi connectivity index (χ0) is 26.6. The molecule has 0 radical (unpaired) electrons. The van der Waals surface area contributed by atoms with Crippen LogP contribution < -0.4 is 21.8 Å². The predicted octanol–water partition coefficient (Wildman–Crippen LogP) is 1.75. The lowest BCUT2D eigenvalue weighted by atomic mass is 10.1. The fourth-order valence-electron chi connectivity index (χ4n) is 3.31. The molecule has 1 heterocycles. The standard InChI is InChI=1S/C27H28N6O4.CH4/c1-33(17-23-4-2-3-15-29-23)18-25(34)30-22-13-9-20(10-14-22)6-5-19-7-11-21(12-8-19)26(35)31-24(16-28)27(36)32-37;/h2-4,7-15,24,37H,16-18,28H2,1H3,(H,30,34)(H,31,35)(H,32,36);1H4/t24-;/m0./s1. The molecule has 3 aromatic rings. The molecular weight excluding hydrogens is 484 g/mol. The summed E-state index contributed by atoms with van der Waals surface area (Å²) in [6, 6.07) is 18.3. The number of hydrogen-bond acceptors (Lipinski definition) is 7. The lowest BCUT2D eigenvalue weighted by Crippen LogP contribution is -2.50. The summed E-state index contributed by atoms with van der Waals surface area (Å²) < 4.78 is 0. The first-order valence-electron chi connectivity index (χ1n) is 11.4. The molecule has 0 fully saturated rings. The minimum Gasteiger partial charge on any atom is -0.339 e. The van der Waals surface area contributed by atoms with Crippen LogP contribution in [0, 0.1) is 11.8 Å². The Labute approximate surface area is 222 Å². The summed E-state index contributed by atoms with van der Waals surface area (Å²) in [5.41, 5.74) is 10.2. The van der Waals surface area contributed by atoms with Crippen LogP contribution in [0.2, 0.25) is 0 Å². The summed E-state index contributed by atoms with van der Waals surface area (Å²) in [4.78, 5) is 42.2. The molecule has 2 aromatic carbocycles. The van der Waals surface area contributed by atoms with Crippen molar-refractivity contribution in [2.24, 2.45) is 5.73 Å². The number of hydrogen-bond donors (Lipinski definition) is 5. The van der Waals surface area contributed by atoms with Gasteiger partial charge in [0.2, 0.25) is 5.91 Å². The van der Waals surface area contributed by atoms with E-state index in [2.05, 4.69) is 27.5 Å². The molecule has 38 heavy (non-hydrogen) atoms. The van der Waals surface area contributed by atoms with Gasteiger partial charge in [0.25, 0.3) is 11.8 Å². The van der Waals surface area contributed by atoms with Crippen molar-refractivity contribution < 1.29 is 19.6 Å². The molecule has 10 nitrogen and oxygen atoms in total. The number of amides is 3. The first-order valence-corrected chi connectivity index (χ1v) is 11.4. The molecule has 0 bridgehead atoms. The summed E-state index contributed by atoms with van der Waals surface area (Å²) in [5, 5.41) is 14.0. The number of nitrogens with two attached hydrogens (primary N) is 1. The van der Waals surface area contributed by atoms with Crippen LogP contribution in [0.25, 0.3) is 0 Å². The SMILES string of the molecule is C.CN(CC(=O)Nc1ccc(C#Cc2ccc(C(=O)N[C@@H](CN)C(=O)NO)cc2)cc1)Cc1ccccn1. The van der Waals surface area contributed by atoms with E-state index in [4.69, 9.17) is 10.9 Å². The number of nitrogens with one attached hydrogen (secondary N) is 3. The minimum atomic E-state index is -1.04. The number of pyridine rings is 1. The Hall–Kier alpha value is -4.56. The summed E-state index contributed by atoms with van der Waals surface area (Å²) in [6.45, 7) is 0.643. The van der Waals surface area contributed by atoms with Gasteiger partial charge in [-0.15, -0.1) is 0 Å². The van der Waals surface area contributed by atoms with Crippen molar-refractivity contribution in [2.75, 3.05) is 25.5 Å². The highest BCUT2D eigenvalue weighted by atomic mass is 16.5. The fraction of sp³-hybridized carbons (Fsp3) is 0.214. The second-order valence-corrected chi connectivity index (χ2v) is 8.18. The van der Waals surface area contributed by atoms with Crippen molar-refractivity contribution in [3.8, 4) is 11.8 Å². The summed E-state index contributed by atoms with van der Waals surface area (Å²) in [5.74, 6) is 4.63. The number of anilines is 1. The van der Waals surface area contributed by atoms with Gasteiger partial charge in [0.05, 0.1) is 12.2 Å². The van der Waals surface area contributed by atoms with Crippen molar-refractivity contribution in [1.82, 2.24) is 20.7 Å². The number of carbonyl (C=O) groups excluding carboxylic acids is 3. The molecule has 0 aliphatic carbocycles. The van der Waals surface area contributed by atoms with Crippen LogP contribution in [-0.2, 0) is 16.1 Å². The summed E-state index contributed by atoms with van der Waals surface area (Å²) in [7, 11) is 1.86. The summed E-state index contributed by atoms with van der Waals surface area (Å²) in [6.07, 6.45) is 1.73. The maximum Gasteiger partial charge on any atom is 0.267 e. The second kappa shape index (κ2) is 14.9. The van der Waals surface area contributed by atoms with Gasteiger partial charge in [0.1, 0.15) is 6.04 Å². The summed E-state index contributed by atoms with van der Waals surface area (Å²) >= 11 is 0. The van der Waals surface area contributed by atoms with Gasteiger partial charge in [0, 0.05) is 41.7 Å². The van der Waals surface area contributed by atoms with Gasteiger partial charge < -0.3 is 16.4 Å². The van der Waals surface area contributed by atoms with Crippen LogP contribution >= 0.6 is 0 Å². The van der Waals surface area contributed by atoms with Gasteiger partial charge in [-0.2, -0.15) is 0 Å². The monoisotopic (exact) mass is 516 g/mol. The van der Waals surface area contributed by atoms with Gasteiger partial charge in [-0.25, -0.2) is 5.48 Å². The van der Waals surface area contributed by atoms with E-state index >= 15 is 0 Å².